The number of thiophene rings is 1. The van der Waals surface area contributed by atoms with Gasteiger partial charge in [-0.15, -0.1) is 23.1 Å². The molecule has 0 saturated heterocycles. The van der Waals surface area contributed by atoms with Gasteiger partial charge < -0.3 is 10.4 Å². The van der Waals surface area contributed by atoms with Gasteiger partial charge in [0.1, 0.15) is 0 Å². The van der Waals surface area contributed by atoms with E-state index in [9.17, 15) is 9.59 Å². The fourth-order valence-electron chi connectivity index (χ4n) is 1.75. The van der Waals surface area contributed by atoms with E-state index in [1.54, 1.807) is 11.3 Å². The molecule has 1 aliphatic carbocycles. The summed E-state index contributed by atoms with van der Waals surface area (Å²) in [6, 6.07) is 3.72. The van der Waals surface area contributed by atoms with Crippen LogP contribution in [0.1, 0.15) is 19.3 Å². The smallest absolute Gasteiger partial charge is 0.305 e. The highest BCUT2D eigenvalue weighted by molar-refractivity contribution is 8.01. The van der Waals surface area contributed by atoms with Gasteiger partial charge in [0, 0.05) is 6.04 Å². The minimum absolute atomic E-state index is 0.0279. The summed E-state index contributed by atoms with van der Waals surface area (Å²) in [5.41, 5.74) is 0. The number of nitrogens with one attached hydrogen (secondary N) is 1. The van der Waals surface area contributed by atoms with Crippen LogP contribution in [0.3, 0.4) is 0 Å². The molecule has 1 aromatic heterocycles. The summed E-state index contributed by atoms with van der Waals surface area (Å²) in [6.45, 7) is 0. The number of carboxylic acids is 1. The summed E-state index contributed by atoms with van der Waals surface area (Å²) >= 11 is 3.09. The summed E-state index contributed by atoms with van der Waals surface area (Å²) in [5.74, 6) is -0.218. The molecule has 0 radical (unpaired) electrons. The number of carbonyl (C=O) groups excluding carboxylic acids is 1. The first-order chi connectivity index (χ1) is 8.65. The van der Waals surface area contributed by atoms with E-state index in [-0.39, 0.29) is 18.4 Å². The van der Waals surface area contributed by atoms with Crippen molar-refractivity contribution >= 4 is 35.0 Å². The number of carboxylic acid groups (broad SMARTS) is 1. The van der Waals surface area contributed by atoms with Crippen LogP contribution in [0.2, 0.25) is 0 Å². The quantitative estimate of drug-likeness (QED) is 0.754. The van der Waals surface area contributed by atoms with E-state index >= 15 is 0 Å². The highest BCUT2D eigenvalue weighted by atomic mass is 32.2. The molecule has 1 atom stereocenters. The standard InChI is InChI=1S/C12H15NO3S2/c14-10(7-18-12-2-1-5-17-12)13-9(6-11(15)16)8-3-4-8/h1-2,5,8-9H,3-4,6-7H2,(H,13,14)(H,15,16). The molecule has 6 heteroatoms. The molecule has 1 heterocycles. The van der Waals surface area contributed by atoms with Crippen LogP contribution in [0.25, 0.3) is 0 Å². The molecule has 98 valence electrons. The first-order valence-corrected chi connectivity index (χ1v) is 7.69. The lowest BCUT2D eigenvalue weighted by atomic mass is 10.1. The zero-order valence-corrected chi connectivity index (χ0v) is 11.4. The van der Waals surface area contributed by atoms with E-state index < -0.39 is 5.97 Å². The lowest BCUT2D eigenvalue weighted by Gasteiger charge is -2.15. The molecule has 1 fully saturated rings. The minimum atomic E-state index is -0.849. The molecule has 2 N–H and O–H groups in total. The summed E-state index contributed by atoms with van der Waals surface area (Å²) in [4.78, 5) is 22.5. The normalized spacial score (nSPS) is 16.2. The Morgan fingerprint density at radius 3 is 2.89 bits per heavy atom. The number of thioether (sulfide) groups is 1. The van der Waals surface area contributed by atoms with Crippen LogP contribution in [-0.4, -0.2) is 28.8 Å². The van der Waals surface area contributed by atoms with Gasteiger partial charge in [0.15, 0.2) is 0 Å². The van der Waals surface area contributed by atoms with E-state index in [0.29, 0.717) is 11.7 Å². The Morgan fingerprint density at radius 1 is 1.56 bits per heavy atom. The van der Waals surface area contributed by atoms with Crippen LogP contribution in [0.15, 0.2) is 21.7 Å². The number of carbonyl (C=O) groups is 2. The van der Waals surface area contributed by atoms with E-state index in [4.69, 9.17) is 5.11 Å². The van der Waals surface area contributed by atoms with E-state index in [2.05, 4.69) is 5.32 Å². The zero-order chi connectivity index (χ0) is 13.0. The van der Waals surface area contributed by atoms with Gasteiger partial charge >= 0.3 is 5.97 Å². The highest BCUT2D eigenvalue weighted by Crippen LogP contribution is 2.34. The van der Waals surface area contributed by atoms with Crippen LogP contribution < -0.4 is 5.32 Å². The number of aliphatic carboxylic acids is 1. The van der Waals surface area contributed by atoms with Crippen molar-refractivity contribution in [1.82, 2.24) is 5.32 Å². The Morgan fingerprint density at radius 2 is 2.33 bits per heavy atom. The van der Waals surface area contributed by atoms with Gasteiger partial charge in [0.05, 0.1) is 16.4 Å². The van der Waals surface area contributed by atoms with Gasteiger partial charge in [-0.3, -0.25) is 9.59 Å². The summed E-state index contributed by atoms with van der Waals surface area (Å²) in [5, 5.41) is 13.6. The largest absolute Gasteiger partial charge is 0.481 e. The SMILES string of the molecule is O=C(O)CC(NC(=O)CSc1cccs1)C1CC1. The van der Waals surface area contributed by atoms with Crippen LogP contribution >= 0.6 is 23.1 Å². The van der Waals surface area contributed by atoms with Crippen molar-refractivity contribution in [1.29, 1.82) is 0 Å². The monoisotopic (exact) mass is 285 g/mol. The van der Waals surface area contributed by atoms with Crippen LogP contribution in [0, 0.1) is 5.92 Å². The number of hydrogen-bond donors (Lipinski definition) is 2. The third-order valence-corrected chi connectivity index (χ3v) is 4.90. The predicted octanol–water partition coefficient (Wildman–Crippen LogP) is 2.21. The molecule has 2 rings (SSSR count). The first-order valence-electron chi connectivity index (χ1n) is 5.82. The lowest BCUT2D eigenvalue weighted by molar-refractivity contribution is -0.137. The van der Waals surface area contributed by atoms with Gasteiger partial charge in [-0.25, -0.2) is 0 Å². The van der Waals surface area contributed by atoms with Gasteiger partial charge in [0.25, 0.3) is 0 Å². The minimum Gasteiger partial charge on any atom is -0.481 e. The van der Waals surface area contributed by atoms with Gasteiger partial charge in [-0.05, 0) is 30.2 Å². The van der Waals surface area contributed by atoms with Crippen LogP contribution in [-0.2, 0) is 9.59 Å². The number of amides is 1. The third-order valence-electron chi connectivity index (χ3n) is 2.77. The average molecular weight is 285 g/mol. The highest BCUT2D eigenvalue weighted by Gasteiger charge is 2.33. The maximum atomic E-state index is 11.7. The zero-order valence-electron chi connectivity index (χ0n) is 9.80. The van der Waals surface area contributed by atoms with Crippen molar-refractivity contribution in [3.63, 3.8) is 0 Å². The molecular weight excluding hydrogens is 270 g/mol. The number of hydrogen-bond acceptors (Lipinski definition) is 4. The van der Waals surface area contributed by atoms with Crippen molar-refractivity contribution in [2.45, 2.75) is 29.5 Å². The Labute approximate surface area is 114 Å². The van der Waals surface area contributed by atoms with Crippen molar-refractivity contribution in [3.05, 3.63) is 17.5 Å². The average Bonchev–Trinajstić information content (AvgIpc) is 3.02. The molecule has 1 saturated carbocycles. The first kappa shape index (κ1) is 13.4. The van der Waals surface area contributed by atoms with Crippen molar-refractivity contribution < 1.29 is 14.7 Å². The third kappa shape index (κ3) is 4.34. The molecule has 0 aliphatic heterocycles. The molecule has 1 aromatic rings. The molecule has 0 aromatic carbocycles. The fraction of sp³-hybridized carbons (Fsp3) is 0.500. The Bertz CT molecular complexity index is 415. The number of rotatable bonds is 7. The second-order valence-electron chi connectivity index (χ2n) is 4.33. The molecular formula is C12H15NO3S2. The molecule has 1 amide bonds. The molecule has 4 nitrogen and oxygen atoms in total. The lowest BCUT2D eigenvalue weighted by Crippen LogP contribution is -2.39. The van der Waals surface area contributed by atoms with Crippen LogP contribution in [0.5, 0.6) is 0 Å². The second-order valence-corrected chi connectivity index (χ2v) is 6.55. The van der Waals surface area contributed by atoms with E-state index in [0.717, 1.165) is 17.1 Å². The molecule has 1 aliphatic rings. The van der Waals surface area contributed by atoms with Gasteiger partial charge in [0.2, 0.25) is 5.91 Å². The summed E-state index contributed by atoms with van der Waals surface area (Å²) < 4.78 is 1.10. The Balaban J connectivity index is 1.76. The summed E-state index contributed by atoms with van der Waals surface area (Å²) in [7, 11) is 0. The maximum Gasteiger partial charge on any atom is 0.305 e. The topological polar surface area (TPSA) is 66.4 Å². The molecule has 18 heavy (non-hydrogen) atoms. The predicted molar refractivity (Wildman–Crippen MR) is 72.0 cm³/mol. The summed E-state index contributed by atoms with van der Waals surface area (Å²) in [6.07, 6.45) is 2.08. The van der Waals surface area contributed by atoms with Crippen molar-refractivity contribution in [2.24, 2.45) is 5.92 Å². The fourth-order valence-corrected chi connectivity index (χ4v) is 3.35. The Hall–Kier alpha value is -1.01. The molecule has 1 unspecified atom stereocenters. The maximum absolute atomic E-state index is 11.7. The molecule has 0 bridgehead atoms. The van der Waals surface area contributed by atoms with Crippen LogP contribution in [0.4, 0.5) is 0 Å². The van der Waals surface area contributed by atoms with E-state index in [1.165, 1.54) is 11.8 Å². The Kier molecular flexibility index (Phi) is 4.66. The van der Waals surface area contributed by atoms with E-state index in [1.807, 2.05) is 17.5 Å². The van der Waals surface area contributed by atoms with Crippen molar-refractivity contribution in [3.8, 4) is 0 Å². The second kappa shape index (κ2) is 6.24. The van der Waals surface area contributed by atoms with Gasteiger partial charge in [-0.2, -0.15) is 0 Å². The van der Waals surface area contributed by atoms with Gasteiger partial charge in [-0.1, -0.05) is 6.07 Å². The van der Waals surface area contributed by atoms with Crippen molar-refractivity contribution in [2.75, 3.05) is 5.75 Å². The molecule has 0 spiro atoms.